The molecular weight excluding hydrogens is 328 g/mol. The zero-order valence-corrected chi connectivity index (χ0v) is 14.3. The minimum atomic E-state index is -0.624. The van der Waals surface area contributed by atoms with Gasteiger partial charge in [0.1, 0.15) is 6.04 Å². The number of piperidine rings is 1. The highest BCUT2D eigenvalue weighted by atomic mass is 16.2. The van der Waals surface area contributed by atoms with E-state index in [-0.39, 0.29) is 11.8 Å². The van der Waals surface area contributed by atoms with Crippen molar-refractivity contribution in [2.45, 2.75) is 25.3 Å². The molecule has 1 fully saturated rings. The summed E-state index contributed by atoms with van der Waals surface area (Å²) in [4.78, 5) is 34.5. The Labute approximate surface area is 151 Å². The highest BCUT2D eigenvalue weighted by molar-refractivity contribution is 5.99. The van der Waals surface area contributed by atoms with Crippen LogP contribution in [-0.4, -0.2) is 33.2 Å². The fourth-order valence-corrected chi connectivity index (χ4v) is 3.43. The Kier molecular flexibility index (Phi) is 4.39. The van der Waals surface area contributed by atoms with Gasteiger partial charge >= 0.3 is 0 Å². The molecule has 1 aromatic heterocycles. The number of hydrogen-bond acceptors (Lipinski definition) is 3. The number of carbonyl (C=O) groups excluding carboxylic acids is 2. The number of benzene rings is 2. The lowest BCUT2D eigenvalue weighted by Crippen LogP contribution is -2.43. The number of nitrogens with one attached hydrogen (secondary N) is 2. The molecule has 3 aromatic rings. The maximum absolute atomic E-state index is 13.1. The van der Waals surface area contributed by atoms with Crippen LogP contribution in [0.5, 0.6) is 0 Å². The molecule has 0 spiro atoms. The lowest BCUT2D eigenvalue weighted by atomic mass is 10.0. The summed E-state index contributed by atoms with van der Waals surface area (Å²) in [6.07, 6.45) is 3.92. The Morgan fingerprint density at radius 3 is 2.81 bits per heavy atom. The van der Waals surface area contributed by atoms with Crippen LogP contribution in [0.4, 0.5) is 5.69 Å². The predicted octanol–water partition coefficient (Wildman–Crippen LogP) is 3.26. The third kappa shape index (κ3) is 3.18. The lowest BCUT2D eigenvalue weighted by molar-refractivity contribution is -0.141. The minimum absolute atomic E-state index is 0.0317. The van der Waals surface area contributed by atoms with Crippen LogP contribution in [-0.2, 0) is 9.59 Å². The zero-order valence-electron chi connectivity index (χ0n) is 14.3. The van der Waals surface area contributed by atoms with E-state index < -0.39 is 6.04 Å². The molecule has 4 rings (SSSR count). The van der Waals surface area contributed by atoms with Gasteiger partial charge in [0.05, 0.1) is 17.4 Å². The number of fused-ring (bicyclic) bond motifs is 1. The summed E-state index contributed by atoms with van der Waals surface area (Å²) < 4.78 is 0. The van der Waals surface area contributed by atoms with Gasteiger partial charge in [-0.15, -0.1) is 0 Å². The van der Waals surface area contributed by atoms with Crippen LogP contribution >= 0.6 is 0 Å². The summed E-state index contributed by atoms with van der Waals surface area (Å²) in [5.74, 6) is -0.172. The molecule has 1 aliphatic heterocycles. The second-order valence-corrected chi connectivity index (χ2v) is 6.48. The van der Waals surface area contributed by atoms with Crippen LogP contribution in [0, 0.1) is 0 Å². The fraction of sp³-hybridized carbons (Fsp3) is 0.250. The van der Waals surface area contributed by atoms with Crippen LogP contribution < -0.4 is 5.32 Å². The van der Waals surface area contributed by atoms with Crippen molar-refractivity contribution >= 4 is 28.5 Å². The molecule has 2 N–H and O–H groups in total. The van der Waals surface area contributed by atoms with E-state index in [0.717, 1.165) is 29.4 Å². The molecule has 1 aliphatic rings. The standard InChI is InChI=1S/C20H20N4O2/c25-18-8-4-5-11-24(18)19(14-6-2-1-3-7-14)20(26)23-15-9-10-16-17(12-15)22-13-21-16/h1-3,6-7,9-10,12-13,19H,4-5,8,11H2,(H,21,22)(H,23,26). The number of aromatic nitrogens is 2. The first-order valence-electron chi connectivity index (χ1n) is 8.81. The van der Waals surface area contributed by atoms with E-state index in [0.29, 0.717) is 18.7 Å². The monoisotopic (exact) mass is 348 g/mol. The summed E-state index contributed by atoms with van der Waals surface area (Å²) >= 11 is 0. The fourth-order valence-electron chi connectivity index (χ4n) is 3.43. The Hall–Kier alpha value is -3.15. The average molecular weight is 348 g/mol. The molecule has 2 amide bonds. The topological polar surface area (TPSA) is 78.1 Å². The molecule has 1 unspecified atom stereocenters. The average Bonchev–Trinajstić information content (AvgIpc) is 3.12. The third-order valence-corrected chi connectivity index (χ3v) is 4.72. The van der Waals surface area contributed by atoms with E-state index in [1.165, 1.54) is 0 Å². The Balaban J connectivity index is 1.63. The van der Waals surface area contributed by atoms with E-state index in [2.05, 4.69) is 15.3 Å². The minimum Gasteiger partial charge on any atom is -0.345 e. The highest BCUT2D eigenvalue weighted by Crippen LogP contribution is 2.27. The zero-order chi connectivity index (χ0) is 17.9. The first-order valence-corrected chi connectivity index (χ1v) is 8.81. The van der Waals surface area contributed by atoms with Gasteiger partial charge in [-0.05, 0) is 36.6 Å². The number of hydrogen-bond donors (Lipinski definition) is 2. The van der Waals surface area contributed by atoms with Crippen LogP contribution in [0.2, 0.25) is 0 Å². The van der Waals surface area contributed by atoms with Crippen LogP contribution in [0.1, 0.15) is 30.9 Å². The van der Waals surface area contributed by atoms with E-state index in [4.69, 9.17) is 0 Å². The lowest BCUT2D eigenvalue weighted by Gasteiger charge is -2.34. The van der Waals surface area contributed by atoms with Crippen molar-refractivity contribution in [3.05, 3.63) is 60.4 Å². The molecule has 132 valence electrons. The number of anilines is 1. The summed E-state index contributed by atoms with van der Waals surface area (Å²) in [6.45, 7) is 0.603. The summed E-state index contributed by atoms with van der Waals surface area (Å²) in [7, 11) is 0. The maximum Gasteiger partial charge on any atom is 0.251 e. The number of H-pyrrole nitrogens is 1. The molecule has 26 heavy (non-hydrogen) atoms. The number of carbonyl (C=O) groups is 2. The van der Waals surface area contributed by atoms with Gasteiger partial charge in [-0.2, -0.15) is 0 Å². The number of amides is 2. The largest absolute Gasteiger partial charge is 0.345 e. The van der Waals surface area contributed by atoms with Gasteiger partial charge in [0, 0.05) is 18.7 Å². The normalized spacial score (nSPS) is 15.8. The van der Waals surface area contributed by atoms with Gasteiger partial charge in [0.15, 0.2) is 0 Å². The number of imidazole rings is 1. The van der Waals surface area contributed by atoms with Gasteiger partial charge in [0.2, 0.25) is 5.91 Å². The first-order chi connectivity index (χ1) is 12.7. The summed E-state index contributed by atoms with van der Waals surface area (Å²) in [5, 5.41) is 2.96. The molecule has 1 atom stereocenters. The number of aromatic amines is 1. The molecule has 1 saturated heterocycles. The van der Waals surface area contributed by atoms with Crippen molar-refractivity contribution in [2.24, 2.45) is 0 Å². The molecular formula is C20H20N4O2. The SMILES string of the molecule is O=C(Nc1ccc2nc[nH]c2c1)C(c1ccccc1)N1CCCCC1=O. The number of rotatable bonds is 4. The Morgan fingerprint density at radius 2 is 2.00 bits per heavy atom. The van der Waals surface area contributed by atoms with E-state index in [9.17, 15) is 9.59 Å². The van der Waals surface area contributed by atoms with Crippen molar-refractivity contribution < 1.29 is 9.59 Å². The van der Waals surface area contributed by atoms with Crippen molar-refractivity contribution in [3.63, 3.8) is 0 Å². The molecule has 0 radical (unpaired) electrons. The maximum atomic E-state index is 13.1. The van der Waals surface area contributed by atoms with Gasteiger partial charge in [0.25, 0.3) is 5.91 Å². The highest BCUT2D eigenvalue weighted by Gasteiger charge is 2.32. The second kappa shape index (κ2) is 7.00. The first kappa shape index (κ1) is 16.3. The van der Waals surface area contributed by atoms with Crippen LogP contribution in [0.15, 0.2) is 54.9 Å². The second-order valence-electron chi connectivity index (χ2n) is 6.48. The summed E-state index contributed by atoms with van der Waals surface area (Å²) in [6, 6.07) is 14.4. The van der Waals surface area contributed by atoms with Gasteiger partial charge in [-0.1, -0.05) is 30.3 Å². The van der Waals surface area contributed by atoms with Crippen molar-refractivity contribution in [1.82, 2.24) is 14.9 Å². The molecule has 6 heteroatoms. The number of nitrogens with zero attached hydrogens (tertiary/aromatic N) is 2. The van der Waals surface area contributed by atoms with Crippen molar-refractivity contribution in [2.75, 3.05) is 11.9 Å². The molecule has 2 aromatic carbocycles. The molecule has 0 aliphatic carbocycles. The van der Waals surface area contributed by atoms with E-state index in [1.54, 1.807) is 11.2 Å². The quantitative estimate of drug-likeness (QED) is 0.760. The molecule has 0 bridgehead atoms. The molecule has 0 saturated carbocycles. The van der Waals surface area contributed by atoms with Gasteiger partial charge in [-0.25, -0.2) is 4.98 Å². The van der Waals surface area contributed by atoms with E-state index in [1.807, 2.05) is 48.5 Å². The van der Waals surface area contributed by atoms with Crippen molar-refractivity contribution in [1.29, 1.82) is 0 Å². The van der Waals surface area contributed by atoms with Gasteiger partial charge in [-0.3, -0.25) is 9.59 Å². The molecule has 6 nitrogen and oxygen atoms in total. The molecule has 2 heterocycles. The van der Waals surface area contributed by atoms with Crippen LogP contribution in [0.25, 0.3) is 11.0 Å². The van der Waals surface area contributed by atoms with Gasteiger partial charge < -0.3 is 15.2 Å². The smallest absolute Gasteiger partial charge is 0.251 e. The third-order valence-electron chi connectivity index (χ3n) is 4.72. The van der Waals surface area contributed by atoms with Crippen LogP contribution in [0.3, 0.4) is 0 Å². The predicted molar refractivity (Wildman–Crippen MR) is 99.5 cm³/mol. The Bertz CT molecular complexity index is 935. The van der Waals surface area contributed by atoms with E-state index >= 15 is 0 Å². The van der Waals surface area contributed by atoms with Crippen molar-refractivity contribution in [3.8, 4) is 0 Å². The Morgan fingerprint density at radius 1 is 1.15 bits per heavy atom. The number of likely N-dealkylation sites (tertiary alicyclic amines) is 1. The summed E-state index contributed by atoms with van der Waals surface area (Å²) in [5.41, 5.74) is 3.20.